The molecule has 16 heavy (non-hydrogen) atoms. The lowest BCUT2D eigenvalue weighted by Gasteiger charge is -2.36. The molecular formula is C13H24O3. The van der Waals surface area contributed by atoms with Gasteiger partial charge in [-0.25, -0.2) is 0 Å². The zero-order valence-electron chi connectivity index (χ0n) is 10.8. The first-order valence-corrected chi connectivity index (χ1v) is 5.93. The molecule has 1 aliphatic rings. The van der Waals surface area contributed by atoms with E-state index in [2.05, 4.69) is 0 Å². The number of hydrogen-bond acceptors (Lipinski definition) is 3. The van der Waals surface area contributed by atoms with E-state index in [4.69, 9.17) is 4.74 Å². The summed E-state index contributed by atoms with van der Waals surface area (Å²) in [5, 5.41) is 20.7. The largest absolute Gasteiger partial charge is 0.387 e. The van der Waals surface area contributed by atoms with Gasteiger partial charge in [0.1, 0.15) is 5.60 Å². The molecule has 0 aliphatic heterocycles. The van der Waals surface area contributed by atoms with Crippen LogP contribution in [0.5, 0.6) is 0 Å². The zero-order chi connectivity index (χ0) is 12.4. The van der Waals surface area contributed by atoms with Gasteiger partial charge >= 0.3 is 0 Å². The molecule has 94 valence electrons. The maximum atomic E-state index is 10.3. The van der Waals surface area contributed by atoms with Gasteiger partial charge in [-0.2, -0.15) is 0 Å². The minimum atomic E-state index is -1.18. The average Bonchev–Trinajstić information content (AvgIpc) is 2.64. The second kappa shape index (κ2) is 4.47. The molecule has 3 heteroatoms. The van der Waals surface area contributed by atoms with Crippen LogP contribution in [0.1, 0.15) is 46.5 Å². The van der Waals surface area contributed by atoms with Crippen LogP contribution < -0.4 is 0 Å². The first kappa shape index (κ1) is 13.7. The first-order valence-electron chi connectivity index (χ1n) is 5.93. The SMILES string of the molecule is COC(C)(C)/C=C/C(C)(O)C1(O)CCCC1. The molecule has 1 aliphatic carbocycles. The Morgan fingerprint density at radius 1 is 1.12 bits per heavy atom. The molecule has 1 unspecified atom stereocenters. The molecule has 0 saturated heterocycles. The van der Waals surface area contributed by atoms with Gasteiger partial charge in [0.25, 0.3) is 0 Å². The van der Waals surface area contributed by atoms with Crippen molar-refractivity contribution in [2.45, 2.75) is 63.3 Å². The van der Waals surface area contributed by atoms with E-state index in [0.717, 1.165) is 12.8 Å². The maximum absolute atomic E-state index is 10.3. The van der Waals surface area contributed by atoms with Crippen LogP contribution in [-0.4, -0.2) is 34.1 Å². The summed E-state index contributed by atoms with van der Waals surface area (Å²) in [5.41, 5.74) is -2.58. The van der Waals surface area contributed by atoms with E-state index in [-0.39, 0.29) is 0 Å². The van der Waals surface area contributed by atoms with Crippen molar-refractivity contribution in [3.8, 4) is 0 Å². The topological polar surface area (TPSA) is 49.7 Å². The van der Waals surface area contributed by atoms with Crippen molar-refractivity contribution in [1.82, 2.24) is 0 Å². The highest BCUT2D eigenvalue weighted by Gasteiger charge is 2.45. The van der Waals surface area contributed by atoms with Gasteiger partial charge in [0, 0.05) is 7.11 Å². The van der Waals surface area contributed by atoms with Crippen molar-refractivity contribution in [2.75, 3.05) is 7.11 Å². The van der Waals surface area contributed by atoms with Crippen LogP contribution in [0.15, 0.2) is 12.2 Å². The third kappa shape index (κ3) is 2.84. The lowest BCUT2D eigenvalue weighted by Crippen LogP contribution is -2.49. The second-order valence-electron chi connectivity index (χ2n) is 5.53. The highest BCUT2D eigenvalue weighted by atomic mass is 16.5. The molecule has 0 spiro atoms. The van der Waals surface area contributed by atoms with Crippen LogP contribution in [0.2, 0.25) is 0 Å². The smallest absolute Gasteiger partial charge is 0.109 e. The summed E-state index contributed by atoms with van der Waals surface area (Å²) >= 11 is 0. The summed E-state index contributed by atoms with van der Waals surface area (Å²) in [5.74, 6) is 0. The average molecular weight is 228 g/mol. The molecule has 3 nitrogen and oxygen atoms in total. The van der Waals surface area contributed by atoms with E-state index < -0.39 is 16.8 Å². The second-order valence-corrected chi connectivity index (χ2v) is 5.53. The number of rotatable bonds is 4. The quantitative estimate of drug-likeness (QED) is 0.724. The molecule has 1 fully saturated rings. The highest BCUT2D eigenvalue weighted by molar-refractivity contribution is 5.14. The van der Waals surface area contributed by atoms with Gasteiger partial charge in [-0.3, -0.25) is 0 Å². The third-order valence-corrected chi connectivity index (χ3v) is 3.71. The van der Waals surface area contributed by atoms with Crippen molar-refractivity contribution in [1.29, 1.82) is 0 Å². The standard InChI is InChI=1S/C13H24O3/c1-11(2,16-4)9-10-12(3,14)13(15)7-5-6-8-13/h9-10,14-15H,5-8H2,1-4H3/b10-9+. The minimum Gasteiger partial charge on any atom is -0.387 e. The molecule has 0 bridgehead atoms. The summed E-state index contributed by atoms with van der Waals surface area (Å²) in [6, 6.07) is 0. The van der Waals surface area contributed by atoms with Gasteiger partial charge in [-0.1, -0.05) is 25.0 Å². The Hall–Kier alpha value is -0.380. The van der Waals surface area contributed by atoms with Crippen LogP contribution in [0.25, 0.3) is 0 Å². The third-order valence-electron chi connectivity index (χ3n) is 3.71. The summed E-state index contributed by atoms with van der Waals surface area (Å²) in [4.78, 5) is 0. The van der Waals surface area contributed by atoms with E-state index in [9.17, 15) is 10.2 Å². The van der Waals surface area contributed by atoms with Gasteiger partial charge in [0.15, 0.2) is 0 Å². The summed E-state index contributed by atoms with van der Waals surface area (Å²) in [6.07, 6.45) is 6.77. The van der Waals surface area contributed by atoms with E-state index in [0.29, 0.717) is 12.8 Å². The number of aliphatic hydroxyl groups is 2. The maximum Gasteiger partial charge on any atom is 0.109 e. The Bertz CT molecular complexity index is 260. The molecule has 0 aromatic heterocycles. The molecule has 1 rings (SSSR count). The lowest BCUT2D eigenvalue weighted by molar-refractivity contribution is -0.109. The zero-order valence-corrected chi connectivity index (χ0v) is 10.8. The number of hydrogen-bond donors (Lipinski definition) is 2. The van der Waals surface area contributed by atoms with Crippen LogP contribution >= 0.6 is 0 Å². The molecule has 1 atom stereocenters. The van der Waals surface area contributed by atoms with Crippen LogP contribution in [0.4, 0.5) is 0 Å². The van der Waals surface area contributed by atoms with Crippen molar-refractivity contribution in [3.05, 3.63) is 12.2 Å². The molecule has 0 aromatic carbocycles. The fraction of sp³-hybridized carbons (Fsp3) is 0.846. The van der Waals surface area contributed by atoms with E-state index in [1.807, 2.05) is 19.9 Å². The Morgan fingerprint density at radius 3 is 2.06 bits per heavy atom. The summed E-state index contributed by atoms with van der Waals surface area (Å²) in [7, 11) is 1.63. The van der Waals surface area contributed by atoms with Gasteiger partial charge < -0.3 is 14.9 Å². The first-order chi connectivity index (χ1) is 7.22. The Kier molecular flexibility index (Phi) is 3.83. The number of methoxy groups -OCH3 is 1. The Morgan fingerprint density at radius 2 is 1.62 bits per heavy atom. The van der Waals surface area contributed by atoms with Crippen LogP contribution in [0.3, 0.4) is 0 Å². The van der Waals surface area contributed by atoms with Gasteiger partial charge in [0.05, 0.1) is 11.2 Å². The molecule has 0 heterocycles. The highest BCUT2D eigenvalue weighted by Crippen LogP contribution is 2.39. The van der Waals surface area contributed by atoms with E-state index >= 15 is 0 Å². The molecule has 0 amide bonds. The molecule has 0 radical (unpaired) electrons. The van der Waals surface area contributed by atoms with Crippen molar-refractivity contribution in [2.24, 2.45) is 0 Å². The number of ether oxygens (including phenoxy) is 1. The fourth-order valence-electron chi connectivity index (χ4n) is 2.05. The van der Waals surface area contributed by atoms with Crippen molar-refractivity contribution in [3.63, 3.8) is 0 Å². The van der Waals surface area contributed by atoms with Gasteiger partial charge in [-0.15, -0.1) is 0 Å². The predicted octanol–water partition coefficient (Wildman–Crippen LogP) is 2.02. The molecular weight excluding hydrogens is 204 g/mol. The lowest BCUT2D eigenvalue weighted by atomic mass is 9.82. The van der Waals surface area contributed by atoms with E-state index in [1.54, 1.807) is 20.1 Å². The summed E-state index contributed by atoms with van der Waals surface area (Å²) < 4.78 is 5.25. The van der Waals surface area contributed by atoms with Gasteiger partial charge in [0.2, 0.25) is 0 Å². The molecule has 1 saturated carbocycles. The minimum absolute atomic E-state index is 0.418. The monoisotopic (exact) mass is 228 g/mol. The fourth-order valence-corrected chi connectivity index (χ4v) is 2.05. The van der Waals surface area contributed by atoms with Crippen LogP contribution in [-0.2, 0) is 4.74 Å². The molecule has 2 N–H and O–H groups in total. The molecule has 0 aromatic rings. The normalized spacial score (nSPS) is 24.9. The van der Waals surface area contributed by atoms with Crippen molar-refractivity contribution < 1.29 is 14.9 Å². The Balaban J connectivity index is 2.78. The van der Waals surface area contributed by atoms with E-state index in [1.165, 1.54) is 0 Å². The van der Waals surface area contributed by atoms with Crippen molar-refractivity contribution >= 4 is 0 Å². The predicted molar refractivity (Wildman–Crippen MR) is 64.3 cm³/mol. The Labute approximate surface area is 98.1 Å². The summed E-state index contributed by atoms with van der Waals surface area (Å²) in [6.45, 7) is 5.50. The van der Waals surface area contributed by atoms with Crippen LogP contribution in [0, 0.1) is 0 Å². The van der Waals surface area contributed by atoms with Gasteiger partial charge in [-0.05, 0) is 33.6 Å².